The first-order valence-electron chi connectivity index (χ1n) is 9.91. The van der Waals surface area contributed by atoms with Crippen molar-refractivity contribution < 1.29 is 19.2 Å². The van der Waals surface area contributed by atoms with Crippen LogP contribution in [0, 0.1) is 0 Å². The quantitative estimate of drug-likeness (QED) is 0.628. The van der Waals surface area contributed by atoms with Gasteiger partial charge in [0.25, 0.3) is 11.8 Å². The molecule has 0 saturated carbocycles. The van der Waals surface area contributed by atoms with Gasteiger partial charge in [0.05, 0.1) is 22.2 Å². The van der Waals surface area contributed by atoms with Gasteiger partial charge < -0.3 is 4.84 Å². The number of pyridine rings is 1. The topological polar surface area (TPSA) is 79.8 Å². The zero-order chi connectivity index (χ0) is 20.8. The first-order chi connectivity index (χ1) is 14.6. The number of fused-ring (bicyclic) bond motifs is 3. The van der Waals surface area contributed by atoms with Crippen LogP contribution in [0.3, 0.4) is 0 Å². The van der Waals surface area contributed by atoms with Crippen molar-refractivity contribution in [1.82, 2.24) is 14.9 Å². The fraction of sp³-hybridized carbons (Fsp3) is 0.217. The minimum atomic E-state index is -0.725. The van der Waals surface area contributed by atoms with Crippen molar-refractivity contribution in [2.45, 2.75) is 19.9 Å². The van der Waals surface area contributed by atoms with E-state index in [1.807, 2.05) is 24.3 Å². The molecular weight excluding hydrogens is 382 g/mol. The molecule has 7 nitrogen and oxygen atoms in total. The summed E-state index contributed by atoms with van der Waals surface area (Å²) in [4.78, 5) is 50.9. The molecule has 3 aromatic rings. The maximum absolute atomic E-state index is 13.3. The Morgan fingerprint density at radius 1 is 1.03 bits per heavy atom. The van der Waals surface area contributed by atoms with Crippen LogP contribution in [0.2, 0.25) is 0 Å². The van der Waals surface area contributed by atoms with E-state index < -0.39 is 17.8 Å². The number of carbonyl (C=O) groups is 3. The van der Waals surface area contributed by atoms with Crippen molar-refractivity contribution in [3.05, 3.63) is 76.5 Å². The normalized spacial score (nSPS) is 16.0. The summed E-state index contributed by atoms with van der Waals surface area (Å²) in [6.07, 6.45) is 0.724. The van der Waals surface area contributed by atoms with E-state index in [0.29, 0.717) is 28.1 Å². The van der Waals surface area contributed by atoms with Crippen LogP contribution >= 0.6 is 0 Å². The Kier molecular flexibility index (Phi) is 4.33. The number of aromatic nitrogens is 1. The largest absolute Gasteiger partial charge is 0.365 e. The summed E-state index contributed by atoms with van der Waals surface area (Å²) in [6, 6.07) is 13.8. The zero-order valence-corrected chi connectivity index (χ0v) is 16.4. The Labute approximate surface area is 172 Å². The number of hydroxylamine groups is 2. The van der Waals surface area contributed by atoms with Crippen molar-refractivity contribution >= 4 is 28.7 Å². The van der Waals surface area contributed by atoms with E-state index in [9.17, 15) is 14.4 Å². The summed E-state index contributed by atoms with van der Waals surface area (Å²) in [5.41, 5.74) is 3.17. The van der Waals surface area contributed by atoms with Crippen molar-refractivity contribution in [1.29, 1.82) is 0 Å². The van der Waals surface area contributed by atoms with Gasteiger partial charge in [-0.2, -0.15) is 0 Å². The third-order valence-corrected chi connectivity index (χ3v) is 5.71. The van der Waals surface area contributed by atoms with E-state index in [1.54, 1.807) is 24.3 Å². The van der Waals surface area contributed by atoms with Gasteiger partial charge in [-0.25, -0.2) is 4.79 Å². The highest BCUT2D eigenvalue weighted by Gasteiger charge is 2.39. The molecular formula is C23H19N3O4. The number of hydrogen-bond acceptors (Lipinski definition) is 6. The molecule has 3 heterocycles. The summed E-state index contributed by atoms with van der Waals surface area (Å²) in [5.74, 6) is -1.99. The number of benzene rings is 2. The second-order valence-electron chi connectivity index (χ2n) is 7.38. The number of hydrogen-bond donors (Lipinski definition) is 0. The summed E-state index contributed by atoms with van der Waals surface area (Å²) < 4.78 is 0. The molecule has 0 aliphatic carbocycles. The molecule has 1 aromatic heterocycles. The van der Waals surface area contributed by atoms with E-state index in [-0.39, 0.29) is 11.1 Å². The van der Waals surface area contributed by atoms with Crippen LogP contribution in [-0.2, 0) is 17.8 Å². The number of imide groups is 1. The molecule has 0 spiro atoms. The third kappa shape index (κ3) is 2.78. The summed E-state index contributed by atoms with van der Waals surface area (Å²) in [6.45, 7) is 4.34. The fourth-order valence-electron chi connectivity index (χ4n) is 4.13. The molecule has 0 bridgehead atoms. The molecule has 0 saturated heterocycles. The summed E-state index contributed by atoms with van der Waals surface area (Å²) in [7, 11) is 0. The van der Waals surface area contributed by atoms with Gasteiger partial charge in [0.1, 0.15) is 0 Å². The van der Waals surface area contributed by atoms with Crippen LogP contribution in [-0.4, -0.2) is 45.8 Å². The van der Waals surface area contributed by atoms with Crippen LogP contribution in [0.4, 0.5) is 0 Å². The highest BCUT2D eigenvalue weighted by molar-refractivity contribution is 6.21. The number of carbonyl (C=O) groups excluding carboxylic acids is 3. The van der Waals surface area contributed by atoms with E-state index >= 15 is 0 Å². The van der Waals surface area contributed by atoms with Crippen LogP contribution in [0.5, 0.6) is 0 Å². The SMILES string of the molecule is CCN1CCc2nc3ccccc3c(C(=O)ON3C(=O)c4ccccc4C3=O)c2C1. The Morgan fingerprint density at radius 2 is 1.70 bits per heavy atom. The van der Waals surface area contributed by atoms with Crippen LogP contribution in [0.1, 0.15) is 49.3 Å². The monoisotopic (exact) mass is 401 g/mol. The molecule has 7 heteroatoms. The van der Waals surface area contributed by atoms with Gasteiger partial charge in [-0.05, 0) is 24.7 Å². The van der Waals surface area contributed by atoms with Gasteiger partial charge in [-0.15, -0.1) is 0 Å². The van der Waals surface area contributed by atoms with Crippen molar-refractivity contribution in [3.8, 4) is 0 Å². The van der Waals surface area contributed by atoms with Crippen molar-refractivity contribution in [3.63, 3.8) is 0 Å². The second-order valence-corrected chi connectivity index (χ2v) is 7.38. The minimum absolute atomic E-state index is 0.231. The van der Waals surface area contributed by atoms with Gasteiger partial charge in [-0.1, -0.05) is 42.3 Å². The molecule has 0 radical (unpaired) electrons. The van der Waals surface area contributed by atoms with E-state index in [0.717, 1.165) is 30.8 Å². The fourth-order valence-corrected chi connectivity index (χ4v) is 4.13. The van der Waals surface area contributed by atoms with Crippen molar-refractivity contribution in [2.75, 3.05) is 13.1 Å². The highest BCUT2D eigenvalue weighted by Crippen LogP contribution is 2.30. The van der Waals surface area contributed by atoms with Gasteiger partial charge in [0, 0.05) is 36.2 Å². The maximum atomic E-state index is 13.3. The van der Waals surface area contributed by atoms with Crippen LogP contribution in [0.15, 0.2) is 48.5 Å². The standard InChI is InChI=1S/C23H19N3O4/c1-2-25-12-11-19-17(13-25)20(16-9-5-6-10-18(16)24-19)23(29)30-26-21(27)14-7-3-4-8-15(14)22(26)28/h3-10H,2,11-13H2,1H3. The summed E-state index contributed by atoms with van der Waals surface area (Å²) >= 11 is 0. The van der Waals surface area contributed by atoms with Crippen molar-refractivity contribution in [2.24, 2.45) is 0 Å². The smallest absolute Gasteiger partial charge is 0.324 e. The minimum Gasteiger partial charge on any atom is -0.324 e. The molecule has 5 rings (SSSR count). The number of amides is 2. The average Bonchev–Trinajstić information content (AvgIpc) is 3.02. The predicted octanol–water partition coefficient (Wildman–Crippen LogP) is 2.98. The second kappa shape index (κ2) is 7.03. The zero-order valence-electron chi connectivity index (χ0n) is 16.4. The third-order valence-electron chi connectivity index (χ3n) is 5.71. The van der Waals surface area contributed by atoms with E-state index in [2.05, 4.69) is 11.8 Å². The molecule has 2 amide bonds. The lowest BCUT2D eigenvalue weighted by Crippen LogP contribution is -2.35. The lowest BCUT2D eigenvalue weighted by molar-refractivity contribution is -0.0584. The Balaban J connectivity index is 1.57. The molecule has 2 aromatic carbocycles. The lowest BCUT2D eigenvalue weighted by Gasteiger charge is -2.29. The maximum Gasteiger partial charge on any atom is 0.365 e. The van der Waals surface area contributed by atoms with Gasteiger partial charge in [-0.3, -0.25) is 19.5 Å². The molecule has 150 valence electrons. The van der Waals surface area contributed by atoms with Crippen LogP contribution in [0.25, 0.3) is 10.9 Å². The average molecular weight is 401 g/mol. The van der Waals surface area contributed by atoms with Gasteiger partial charge in [0.15, 0.2) is 0 Å². The lowest BCUT2D eigenvalue weighted by atomic mass is 9.96. The number of nitrogens with zero attached hydrogens (tertiary/aromatic N) is 3. The molecule has 0 N–H and O–H groups in total. The molecule has 2 aliphatic heterocycles. The number of para-hydroxylation sites is 1. The molecule has 0 atom stereocenters. The van der Waals surface area contributed by atoms with E-state index in [4.69, 9.17) is 9.82 Å². The predicted molar refractivity (Wildman–Crippen MR) is 109 cm³/mol. The summed E-state index contributed by atoms with van der Waals surface area (Å²) in [5, 5.41) is 1.21. The van der Waals surface area contributed by atoms with Gasteiger partial charge in [0.2, 0.25) is 0 Å². The molecule has 30 heavy (non-hydrogen) atoms. The highest BCUT2D eigenvalue weighted by atomic mass is 16.7. The first-order valence-corrected chi connectivity index (χ1v) is 9.91. The first kappa shape index (κ1) is 18.4. The molecule has 0 fully saturated rings. The number of rotatable bonds is 3. The van der Waals surface area contributed by atoms with E-state index in [1.165, 1.54) is 0 Å². The van der Waals surface area contributed by atoms with Gasteiger partial charge >= 0.3 is 5.97 Å². The Bertz CT molecular complexity index is 1190. The molecule has 0 unspecified atom stereocenters. The number of likely N-dealkylation sites (N-methyl/N-ethyl adjacent to an activating group) is 1. The Hall–Kier alpha value is -3.58. The Morgan fingerprint density at radius 3 is 2.40 bits per heavy atom. The molecule has 2 aliphatic rings. The van der Waals surface area contributed by atoms with Crippen LogP contribution < -0.4 is 0 Å².